The quantitative estimate of drug-likeness (QED) is 0.756. The third kappa shape index (κ3) is 2.99. The number of hydrogen-bond donors (Lipinski definition) is 1. The largest absolute Gasteiger partial charge is 0.495 e. The molecule has 4 rings (SSSR count). The van der Waals surface area contributed by atoms with Crippen molar-refractivity contribution < 1.29 is 9.53 Å². The lowest BCUT2D eigenvalue weighted by atomic mass is 9.82. The predicted octanol–water partition coefficient (Wildman–Crippen LogP) is 5.65. The van der Waals surface area contributed by atoms with Crippen LogP contribution in [-0.2, 0) is 4.79 Å². The molecule has 2 aliphatic carbocycles. The lowest BCUT2D eigenvalue weighted by Crippen LogP contribution is -2.20. The van der Waals surface area contributed by atoms with Crippen LogP contribution in [0.25, 0.3) is 0 Å². The lowest BCUT2D eigenvalue weighted by molar-refractivity contribution is -0.118. The van der Waals surface area contributed by atoms with Crippen molar-refractivity contribution in [3.63, 3.8) is 0 Å². The maximum absolute atomic E-state index is 13.2. The summed E-state index contributed by atoms with van der Waals surface area (Å²) in [6, 6.07) is 15.8. The Morgan fingerprint density at radius 3 is 2.54 bits per heavy atom. The van der Waals surface area contributed by atoms with Gasteiger partial charge in [0.2, 0.25) is 5.91 Å². The fraction of sp³-hybridized carbons (Fsp3) is 0.409. The Balaban J connectivity index is 1.61. The van der Waals surface area contributed by atoms with Crippen molar-refractivity contribution in [3.05, 3.63) is 59.1 Å². The zero-order chi connectivity index (χ0) is 18.1. The van der Waals surface area contributed by atoms with Gasteiger partial charge < -0.3 is 10.1 Å². The molecule has 26 heavy (non-hydrogen) atoms. The van der Waals surface area contributed by atoms with Crippen LogP contribution >= 0.6 is 11.6 Å². The highest BCUT2D eigenvalue weighted by atomic mass is 35.5. The van der Waals surface area contributed by atoms with E-state index in [1.54, 1.807) is 25.3 Å². The predicted molar refractivity (Wildman–Crippen MR) is 105 cm³/mol. The van der Waals surface area contributed by atoms with Crippen molar-refractivity contribution >= 4 is 23.2 Å². The average molecular weight is 370 g/mol. The van der Waals surface area contributed by atoms with E-state index in [0.29, 0.717) is 22.4 Å². The van der Waals surface area contributed by atoms with Crippen molar-refractivity contribution in [2.45, 2.75) is 38.0 Å². The summed E-state index contributed by atoms with van der Waals surface area (Å²) in [5, 5.41) is 3.67. The van der Waals surface area contributed by atoms with Crippen LogP contribution in [0.3, 0.4) is 0 Å². The van der Waals surface area contributed by atoms with E-state index in [9.17, 15) is 4.79 Å². The van der Waals surface area contributed by atoms with Crippen LogP contribution in [0.2, 0.25) is 5.02 Å². The third-order valence-electron chi connectivity index (χ3n) is 6.11. The molecule has 0 heterocycles. The van der Waals surface area contributed by atoms with E-state index in [0.717, 1.165) is 12.8 Å². The number of halogens is 1. The van der Waals surface area contributed by atoms with E-state index < -0.39 is 0 Å². The molecule has 4 heteroatoms. The van der Waals surface area contributed by atoms with Crippen LogP contribution in [0.15, 0.2) is 48.5 Å². The maximum atomic E-state index is 13.2. The molecule has 136 valence electrons. The molecule has 2 atom stereocenters. The molecule has 2 aromatic rings. The Morgan fingerprint density at radius 2 is 1.85 bits per heavy atom. The van der Waals surface area contributed by atoms with Gasteiger partial charge >= 0.3 is 0 Å². The van der Waals surface area contributed by atoms with Gasteiger partial charge in [0.25, 0.3) is 0 Å². The van der Waals surface area contributed by atoms with Crippen LogP contribution in [0.1, 0.15) is 43.6 Å². The zero-order valence-electron chi connectivity index (χ0n) is 15.0. The molecule has 2 saturated carbocycles. The molecular formula is C22H24ClNO2. The van der Waals surface area contributed by atoms with Gasteiger partial charge in [-0.3, -0.25) is 4.79 Å². The second-order valence-electron chi connectivity index (χ2n) is 7.49. The van der Waals surface area contributed by atoms with Crippen LogP contribution in [-0.4, -0.2) is 13.0 Å². The van der Waals surface area contributed by atoms with Crippen LogP contribution in [0, 0.1) is 11.3 Å². The Hall–Kier alpha value is -2.00. The Bertz CT molecular complexity index is 799. The zero-order valence-corrected chi connectivity index (χ0v) is 15.8. The molecule has 0 aliphatic heterocycles. The molecule has 1 spiro atoms. The van der Waals surface area contributed by atoms with Crippen molar-refractivity contribution in [3.8, 4) is 5.75 Å². The van der Waals surface area contributed by atoms with Crippen molar-refractivity contribution in [1.29, 1.82) is 0 Å². The van der Waals surface area contributed by atoms with E-state index in [2.05, 4.69) is 29.6 Å². The van der Waals surface area contributed by atoms with Crippen LogP contribution in [0.4, 0.5) is 5.69 Å². The second-order valence-corrected chi connectivity index (χ2v) is 7.93. The summed E-state index contributed by atoms with van der Waals surface area (Å²) in [5.74, 6) is 1.06. The molecule has 3 nitrogen and oxygen atoms in total. The smallest absolute Gasteiger partial charge is 0.228 e. The molecule has 0 bridgehead atoms. The number of nitrogens with one attached hydrogen (secondary N) is 1. The highest BCUT2D eigenvalue weighted by molar-refractivity contribution is 6.31. The first-order valence-corrected chi connectivity index (χ1v) is 9.73. The topological polar surface area (TPSA) is 38.3 Å². The standard InChI is InChI=1S/C22H24ClNO2/c1-26-18-11-10-16(23)14-17(18)24-21(25)20-19(15-8-4-2-5-9-15)22(20)12-6-3-7-13-22/h2,4-5,8-11,14,19-20H,3,6-7,12-13H2,1H3,(H,24,25)/t19-,20+/m0/s1. The maximum Gasteiger partial charge on any atom is 0.228 e. The molecule has 2 aliphatic rings. The molecule has 0 unspecified atom stereocenters. The number of rotatable bonds is 4. The minimum absolute atomic E-state index is 0.0221. The molecule has 1 N–H and O–H groups in total. The van der Waals surface area contributed by atoms with Crippen LogP contribution in [0.5, 0.6) is 5.75 Å². The summed E-state index contributed by atoms with van der Waals surface area (Å²) >= 11 is 6.11. The number of carbonyl (C=O) groups is 1. The van der Waals surface area contributed by atoms with Crippen molar-refractivity contribution in [1.82, 2.24) is 0 Å². The van der Waals surface area contributed by atoms with E-state index in [-0.39, 0.29) is 17.2 Å². The number of anilines is 1. The van der Waals surface area contributed by atoms with Gasteiger partial charge in [0, 0.05) is 10.9 Å². The number of amides is 1. The number of ether oxygens (including phenoxy) is 1. The van der Waals surface area contributed by atoms with Gasteiger partial charge in [-0.05, 0) is 42.0 Å². The minimum atomic E-state index is 0.0221. The number of benzene rings is 2. The van der Waals surface area contributed by atoms with E-state index in [4.69, 9.17) is 16.3 Å². The van der Waals surface area contributed by atoms with Gasteiger partial charge in [-0.25, -0.2) is 0 Å². The molecule has 2 fully saturated rings. The molecule has 0 saturated heterocycles. The summed E-state index contributed by atoms with van der Waals surface area (Å²) in [5.41, 5.74) is 2.05. The minimum Gasteiger partial charge on any atom is -0.495 e. The Labute approximate surface area is 159 Å². The molecule has 0 radical (unpaired) electrons. The lowest BCUT2D eigenvalue weighted by Gasteiger charge is -2.23. The molecule has 0 aromatic heterocycles. The van der Waals surface area contributed by atoms with Gasteiger partial charge in [0.1, 0.15) is 5.75 Å². The van der Waals surface area contributed by atoms with E-state index in [1.807, 2.05) is 6.07 Å². The Kier molecular flexibility index (Phi) is 4.66. The number of methoxy groups -OCH3 is 1. The summed E-state index contributed by atoms with van der Waals surface area (Å²) < 4.78 is 5.38. The molecule has 1 amide bonds. The average Bonchev–Trinajstić information content (AvgIpc) is 3.30. The number of carbonyl (C=O) groups excluding carboxylic acids is 1. The first-order valence-electron chi connectivity index (χ1n) is 9.35. The summed E-state index contributed by atoms with van der Waals surface area (Å²) in [6.07, 6.45) is 5.98. The second kappa shape index (κ2) is 6.96. The summed E-state index contributed by atoms with van der Waals surface area (Å²) in [7, 11) is 1.60. The van der Waals surface area contributed by atoms with Gasteiger partial charge in [-0.2, -0.15) is 0 Å². The third-order valence-corrected chi connectivity index (χ3v) is 6.34. The van der Waals surface area contributed by atoms with Gasteiger partial charge in [0.05, 0.1) is 18.7 Å². The monoisotopic (exact) mass is 369 g/mol. The fourth-order valence-corrected chi connectivity index (χ4v) is 5.08. The van der Waals surface area contributed by atoms with E-state index in [1.165, 1.54) is 24.8 Å². The van der Waals surface area contributed by atoms with Crippen molar-refractivity contribution in [2.75, 3.05) is 12.4 Å². The summed E-state index contributed by atoms with van der Waals surface area (Å²) in [4.78, 5) is 13.2. The van der Waals surface area contributed by atoms with Crippen molar-refractivity contribution in [2.24, 2.45) is 11.3 Å². The van der Waals surface area contributed by atoms with Gasteiger partial charge in [-0.1, -0.05) is 61.2 Å². The SMILES string of the molecule is COc1ccc(Cl)cc1NC(=O)[C@H]1[C@H](c2ccccc2)C12CCCCC2. The molecule has 2 aromatic carbocycles. The van der Waals surface area contributed by atoms with Crippen LogP contribution < -0.4 is 10.1 Å². The first kappa shape index (κ1) is 17.4. The first-order chi connectivity index (χ1) is 12.7. The highest BCUT2D eigenvalue weighted by Crippen LogP contribution is 2.71. The van der Waals surface area contributed by atoms with Gasteiger partial charge in [0.15, 0.2) is 0 Å². The fourth-order valence-electron chi connectivity index (χ4n) is 4.91. The molecular weight excluding hydrogens is 346 g/mol. The normalized spacial score (nSPS) is 23.5. The van der Waals surface area contributed by atoms with E-state index >= 15 is 0 Å². The highest BCUT2D eigenvalue weighted by Gasteiger charge is 2.67. The summed E-state index contributed by atoms with van der Waals surface area (Å²) in [6.45, 7) is 0. The van der Waals surface area contributed by atoms with Gasteiger partial charge in [-0.15, -0.1) is 0 Å². The Morgan fingerprint density at radius 1 is 1.12 bits per heavy atom. The number of hydrogen-bond acceptors (Lipinski definition) is 2.